The average Bonchev–Trinajstić information content (AvgIpc) is 2.29. The van der Waals surface area contributed by atoms with Gasteiger partial charge in [-0.3, -0.25) is 0 Å². The summed E-state index contributed by atoms with van der Waals surface area (Å²) in [6.45, 7) is 2.67. The molecule has 0 amide bonds. The van der Waals surface area contributed by atoms with E-state index >= 15 is 0 Å². The largest absolute Gasteiger partial charge is 0.388 e. The summed E-state index contributed by atoms with van der Waals surface area (Å²) in [5, 5.41) is 13.0. The van der Waals surface area contributed by atoms with Crippen LogP contribution in [-0.2, 0) is 6.54 Å². The van der Waals surface area contributed by atoms with Crippen LogP contribution < -0.4 is 5.32 Å². The van der Waals surface area contributed by atoms with Crippen LogP contribution in [-0.4, -0.2) is 29.3 Å². The summed E-state index contributed by atoms with van der Waals surface area (Å²) in [5.41, 5.74) is 0.0534. The number of thioether (sulfide) groups is 1. The summed E-state index contributed by atoms with van der Waals surface area (Å²) in [4.78, 5) is 0. The number of rotatable bonds is 7. The van der Waals surface area contributed by atoms with Crippen LogP contribution >= 0.6 is 11.8 Å². The van der Waals surface area contributed by atoms with Crippen molar-refractivity contribution in [3.8, 4) is 0 Å². The van der Waals surface area contributed by atoms with Gasteiger partial charge < -0.3 is 10.4 Å². The van der Waals surface area contributed by atoms with Crippen molar-refractivity contribution in [1.82, 2.24) is 5.32 Å². The smallest absolute Gasteiger partial charge is 0.263 e. The van der Waals surface area contributed by atoms with Gasteiger partial charge in [0.25, 0.3) is 6.43 Å². The van der Waals surface area contributed by atoms with Crippen LogP contribution in [0.3, 0.4) is 0 Å². The zero-order valence-electron chi connectivity index (χ0n) is 10.6. The third-order valence-corrected chi connectivity index (χ3v) is 3.40. The Balaban J connectivity index is 2.46. The summed E-state index contributed by atoms with van der Waals surface area (Å²) in [7, 11) is 0. The van der Waals surface area contributed by atoms with E-state index in [1.807, 2.05) is 6.26 Å². The molecule has 0 spiro atoms. The molecule has 0 fully saturated rings. The molecular weight excluding hydrogens is 256 g/mol. The molecule has 2 N–H and O–H groups in total. The van der Waals surface area contributed by atoms with Gasteiger partial charge in [0.2, 0.25) is 0 Å². The van der Waals surface area contributed by atoms with Gasteiger partial charge in [-0.15, -0.1) is 0 Å². The predicted octanol–water partition coefficient (Wildman–Crippen LogP) is 2.83. The molecule has 0 bridgehead atoms. The second-order valence-electron chi connectivity index (χ2n) is 4.58. The molecule has 0 saturated carbocycles. The Morgan fingerprint density at radius 1 is 1.44 bits per heavy atom. The highest BCUT2D eigenvalue weighted by atomic mass is 32.2. The van der Waals surface area contributed by atoms with Gasteiger partial charge in [-0.1, -0.05) is 18.2 Å². The van der Waals surface area contributed by atoms with E-state index in [2.05, 4.69) is 5.32 Å². The SMILES string of the molecule is CSCC(C)(O)CNCc1cccc(C(F)F)c1. The molecule has 1 rings (SSSR count). The average molecular weight is 275 g/mol. The third kappa shape index (κ3) is 5.33. The van der Waals surface area contributed by atoms with E-state index in [1.165, 1.54) is 12.1 Å². The molecule has 0 saturated heterocycles. The van der Waals surface area contributed by atoms with Crippen molar-refractivity contribution in [3.63, 3.8) is 0 Å². The van der Waals surface area contributed by atoms with Crippen molar-refractivity contribution in [3.05, 3.63) is 35.4 Å². The number of alkyl halides is 2. The van der Waals surface area contributed by atoms with Crippen LogP contribution in [0.1, 0.15) is 24.5 Å². The number of hydrogen-bond acceptors (Lipinski definition) is 3. The fraction of sp³-hybridized carbons (Fsp3) is 0.538. The molecule has 0 aliphatic carbocycles. The van der Waals surface area contributed by atoms with Crippen LogP contribution in [0.25, 0.3) is 0 Å². The molecule has 0 heterocycles. The Bertz CT molecular complexity index is 372. The first-order chi connectivity index (χ1) is 8.44. The molecule has 102 valence electrons. The number of aliphatic hydroxyl groups is 1. The zero-order chi connectivity index (χ0) is 13.6. The normalized spacial score (nSPS) is 14.8. The number of hydrogen-bond donors (Lipinski definition) is 2. The molecule has 0 aliphatic rings. The second kappa shape index (κ2) is 7.07. The highest BCUT2D eigenvalue weighted by Crippen LogP contribution is 2.19. The molecule has 1 aromatic rings. The Kier molecular flexibility index (Phi) is 6.05. The van der Waals surface area contributed by atoms with Crippen LogP contribution in [0, 0.1) is 0 Å². The summed E-state index contributed by atoms with van der Waals surface area (Å²) >= 11 is 1.57. The number of halogens is 2. The lowest BCUT2D eigenvalue weighted by molar-refractivity contribution is 0.0845. The highest BCUT2D eigenvalue weighted by Gasteiger charge is 2.18. The minimum absolute atomic E-state index is 0.0326. The number of benzene rings is 1. The van der Waals surface area contributed by atoms with Crippen molar-refractivity contribution in [2.45, 2.75) is 25.5 Å². The van der Waals surface area contributed by atoms with Gasteiger partial charge >= 0.3 is 0 Å². The standard InChI is InChI=1S/C13H19F2NOS/c1-13(17,9-18-2)8-16-7-10-4-3-5-11(6-10)12(14)15/h3-6,12,16-17H,7-9H2,1-2H3. The van der Waals surface area contributed by atoms with Gasteiger partial charge in [0, 0.05) is 24.4 Å². The lowest BCUT2D eigenvalue weighted by Gasteiger charge is -2.22. The Hall–Kier alpha value is -0.650. The van der Waals surface area contributed by atoms with Crippen molar-refractivity contribution < 1.29 is 13.9 Å². The molecular formula is C13H19F2NOS. The lowest BCUT2D eigenvalue weighted by atomic mass is 10.1. The summed E-state index contributed by atoms with van der Waals surface area (Å²) in [6.07, 6.45) is -0.509. The molecule has 0 aliphatic heterocycles. The van der Waals surface area contributed by atoms with Gasteiger partial charge in [-0.05, 0) is 24.8 Å². The molecule has 1 atom stereocenters. The maximum absolute atomic E-state index is 12.5. The first-order valence-corrected chi connectivity index (χ1v) is 7.13. The summed E-state index contributed by atoms with van der Waals surface area (Å²) in [5.74, 6) is 0.636. The summed E-state index contributed by atoms with van der Waals surface area (Å²) in [6, 6.07) is 6.32. The molecule has 5 heteroatoms. The van der Waals surface area contributed by atoms with E-state index in [9.17, 15) is 13.9 Å². The van der Waals surface area contributed by atoms with Crippen molar-refractivity contribution in [2.24, 2.45) is 0 Å². The van der Waals surface area contributed by atoms with Gasteiger partial charge in [-0.25, -0.2) is 8.78 Å². The molecule has 1 unspecified atom stereocenters. The van der Waals surface area contributed by atoms with Crippen LogP contribution in [0.15, 0.2) is 24.3 Å². The van der Waals surface area contributed by atoms with Crippen molar-refractivity contribution >= 4 is 11.8 Å². The topological polar surface area (TPSA) is 32.3 Å². The third-order valence-electron chi connectivity index (χ3n) is 2.49. The summed E-state index contributed by atoms with van der Waals surface area (Å²) < 4.78 is 25.0. The van der Waals surface area contributed by atoms with E-state index in [4.69, 9.17) is 0 Å². The van der Waals surface area contributed by atoms with Crippen LogP contribution in [0.5, 0.6) is 0 Å². The molecule has 18 heavy (non-hydrogen) atoms. The van der Waals surface area contributed by atoms with Gasteiger partial charge in [0.1, 0.15) is 0 Å². The fourth-order valence-electron chi connectivity index (χ4n) is 1.68. The Labute approximate surface area is 111 Å². The maximum Gasteiger partial charge on any atom is 0.263 e. The first kappa shape index (κ1) is 15.4. The highest BCUT2D eigenvalue weighted by molar-refractivity contribution is 7.98. The van der Waals surface area contributed by atoms with Gasteiger partial charge in [0.05, 0.1) is 5.60 Å². The van der Waals surface area contributed by atoms with Gasteiger partial charge in [-0.2, -0.15) is 11.8 Å². The molecule has 0 radical (unpaired) electrons. The molecule has 0 aromatic heterocycles. The van der Waals surface area contributed by atoms with Gasteiger partial charge in [0.15, 0.2) is 0 Å². The minimum atomic E-state index is -2.44. The van der Waals surface area contributed by atoms with E-state index in [0.29, 0.717) is 18.8 Å². The van der Waals surface area contributed by atoms with E-state index < -0.39 is 12.0 Å². The van der Waals surface area contributed by atoms with E-state index in [-0.39, 0.29) is 5.56 Å². The Morgan fingerprint density at radius 3 is 2.78 bits per heavy atom. The first-order valence-electron chi connectivity index (χ1n) is 5.73. The fourth-order valence-corrected chi connectivity index (χ4v) is 2.40. The van der Waals surface area contributed by atoms with Crippen LogP contribution in [0.2, 0.25) is 0 Å². The maximum atomic E-state index is 12.5. The predicted molar refractivity (Wildman–Crippen MR) is 72.1 cm³/mol. The van der Waals surface area contributed by atoms with E-state index in [0.717, 1.165) is 5.56 Å². The van der Waals surface area contributed by atoms with Crippen molar-refractivity contribution in [1.29, 1.82) is 0 Å². The Morgan fingerprint density at radius 2 is 2.17 bits per heavy atom. The molecule has 2 nitrogen and oxygen atoms in total. The molecule has 1 aromatic carbocycles. The minimum Gasteiger partial charge on any atom is -0.388 e. The lowest BCUT2D eigenvalue weighted by Crippen LogP contribution is -2.39. The quantitative estimate of drug-likeness (QED) is 0.802. The monoisotopic (exact) mass is 275 g/mol. The van der Waals surface area contributed by atoms with E-state index in [1.54, 1.807) is 30.8 Å². The zero-order valence-corrected chi connectivity index (χ0v) is 11.4. The van der Waals surface area contributed by atoms with Crippen molar-refractivity contribution in [2.75, 3.05) is 18.6 Å². The number of nitrogens with one attached hydrogen (secondary N) is 1. The van der Waals surface area contributed by atoms with Crippen LogP contribution in [0.4, 0.5) is 8.78 Å². The second-order valence-corrected chi connectivity index (χ2v) is 5.45.